The summed E-state index contributed by atoms with van der Waals surface area (Å²) in [6, 6.07) is 14.0. The van der Waals surface area contributed by atoms with E-state index in [0.29, 0.717) is 0 Å². The first-order chi connectivity index (χ1) is 9.22. The van der Waals surface area contributed by atoms with Crippen LogP contribution >= 0.6 is 0 Å². The number of aliphatic hydroxyl groups is 1. The van der Waals surface area contributed by atoms with E-state index < -0.39 is 0 Å². The molecular weight excluding hydrogens is 234 g/mol. The second-order valence-corrected chi connectivity index (χ2v) is 4.21. The molecule has 2 aromatic rings. The predicted octanol–water partition coefficient (Wildman–Crippen LogP) is 4.57. The van der Waals surface area contributed by atoms with Crippen LogP contribution in [0, 0.1) is 13.8 Å². The van der Waals surface area contributed by atoms with Crippen molar-refractivity contribution in [2.45, 2.75) is 34.3 Å². The maximum absolute atomic E-state index is 9.30. The first-order valence-electron chi connectivity index (χ1n) is 6.74. The zero-order chi connectivity index (χ0) is 14.3. The quantitative estimate of drug-likeness (QED) is 0.844. The van der Waals surface area contributed by atoms with Crippen molar-refractivity contribution in [1.29, 1.82) is 0 Å². The maximum Gasteiger partial charge on any atom is 0.0702 e. The molecular formula is C17H23NO. The molecule has 2 rings (SSSR count). The monoisotopic (exact) mass is 257 g/mol. The number of hydrogen-bond acceptors (Lipinski definition) is 2. The molecule has 2 aromatic carbocycles. The van der Waals surface area contributed by atoms with E-state index in [2.05, 4.69) is 31.3 Å². The van der Waals surface area contributed by atoms with E-state index in [1.165, 1.54) is 11.1 Å². The molecule has 2 N–H and O–H groups in total. The van der Waals surface area contributed by atoms with Crippen LogP contribution in [0.5, 0.6) is 0 Å². The molecule has 0 radical (unpaired) electrons. The van der Waals surface area contributed by atoms with Crippen molar-refractivity contribution in [2.75, 3.05) is 5.32 Å². The molecule has 2 heteroatoms. The Kier molecular flexibility index (Phi) is 6.10. The first kappa shape index (κ1) is 15.3. The molecule has 102 valence electrons. The van der Waals surface area contributed by atoms with Crippen molar-refractivity contribution < 1.29 is 5.11 Å². The average molecular weight is 257 g/mol. The number of benzene rings is 2. The number of aliphatic hydroxyl groups excluding tert-OH is 1. The smallest absolute Gasteiger partial charge is 0.0702 e. The summed E-state index contributed by atoms with van der Waals surface area (Å²) >= 11 is 0. The van der Waals surface area contributed by atoms with Crippen molar-refractivity contribution in [1.82, 2.24) is 0 Å². The minimum absolute atomic E-state index is 0.0497. The lowest BCUT2D eigenvalue weighted by Crippen LogP contribution is -1.99. The van der Waals surface area contributed by atoms with E-state index in [4.69, 9.17) is 0 Å². The summed E-state index contributed by atoms with van der Waals surface area (Å²) in [5.41, 5.74) is 5.41. The number of anilines is 2. The number of nitrogens with one attached hydrogen (secondary N) is 1. The van der Waals surface area contributed by atoms with Gasteiger partial charge in [0.15, 0.2) is 0 Å². The highest BCUT2D eigenvalue weighted by Crippen LogP contribution is 2.26. The summed E-state index contributed by atoms with van der Waals surface area (Å²) < 4.78 is 0. The predicted molar refractivity (Wildman–Crippen MR) is 82.9 cm³/mol. The fraction of sp³-hybridized carbons (Fsp3) is 0.294. The number of aryl methyl sites for hydroxylation is 2. The molecule has 0 saturated carbocycles. The lowest BCUT2D eigenvalue weighted by Gasteiger charge is -2.14. The van der Waals surface area contributed by atoms with Gasteiger partial charge in [-0.25, -0.2) is 0 Å². The van der Waals surface area contributed by atoms with E-state index in [1.54, 1.807) is 0 Å². The molecule has 0 amide bonds. The molecule has 0 aliphatic rings. The van der Waals surface area contributed by atoms with Crippen molar-refractivity contribution in [3.05, 3.63) is 59.2 Å². The van der Waals surface area contributed by atoms with Crippen molar-refractivity contribution in [3.63, 3.8) is 0 Å². The molecule has 19 heavy (non-hydrogen) atoms. The van der Waals surface area contributed by atoms with Gasteiger partial charge in [-0.2, -0.15) is 0 Å². The summed E-state index contributed by atoms with van der Waals surface area (Å²) in [6.45, 7) is 8.21. The van der Waals surface area contributed by atoms with Crippen LogP contribution < -0.4 is 5.32 Å². The molecule has 0 spiro atoms. The highest BCUT2D eigenvalue weighted by atomic mass is 16.3. The molecule has 0 unspecified atom stereocenters. The maximum atomic E-state index is 9.30. The van der Waals surface area contributed by atoms with Crippen LogP contribution in [0.3, 0.4) is 0 Å². The Morgan fingerprint density at radius 3 is 2.05 bits per heavy atom. The SMILES string of the molecule is CC.Cc1cccc(C)c1Nc1ccccc1CO. The van der Waals surface area contributed by atoms with Gasteiger partial charge in [0.1, 0.15) is 0 Å². The molecule has 2 nitrogen and oxygen atoms in total. The zero-order valence-corrected chi connectivity index (χ0v) is 12.2. The number of rotatable bonds is 3. The summed E-state index contributed by atoms with van der Waals surface area (Å²) in [5.74, 6) is 0. The minimum atomic E-state index is 0.0497. The molecule has 0 aliphatic heterocycles. The normalized spacial score (nSPS) is 9.53. The Hall–Kier alpha value is -1.80. The summed E-state index contributed by atoms with van der Waals surface area (Å²) in [7, 11) is 0. The van der Waals surface area contributed by atoms with Gasteiger partial charge in [0.25, 0.3) is 0 Å². The van der Waals surface area contributed by atoms with Crippen LogP contribution in [-0.4, -0.2) is 5.11 Å². The average Bonchev–Trinajstić information content (AvgIpc) is 2.45. The first-order valence-corrected chi connectivity index (χ1v) is 6.74. The van der Waals surface area contributed by atoms with E-state index in [-0.39, 0.29) is 6.61 Å². The second kappa shape index (κ2) is 7.59. The van der Waals surface area contributed by atoms with Gasteiger partial charge in [-0.3, -0.25) is 0 Å². The van der Waals surface area contributed by atoms with Gasteiger partial charge < -0.3 is 10.4 Å². The lowest BCUT2D eigenvalue weighted by molar-refractivity contribution is 0.282. The van der Waals surface area contributed by atoms with Crippen LogP contribution in [0.2, 0.25) is 0 Å². The summed E-state index contributed by atoms with van der Waals surface area (Å²) in [6.07, 6.45) is 0. The van der Waals surface area contributed by atoms with E-state index in [0.717, 1.165) is 16.9 Å². The molecule has 0 atom stereocenters. The fourth-order valence-electron chi connectivity index (χ4n) is 1.93. The van der Waals surface area contributed by atoms with Gasteiger partial charge in [-0.15, -0.1) is 0 Å². The van der Waals surface area contributed by atoms with Crippen molar-refractivity contribution in [3.8, 4) is 0 Å². The van der Waals surface area contributed by atoms with Gasteiger partial charge in [-0.1, -0.05) is 50.2 Å². The van der Waals surface area contributed by atoms with Crippen LogP contribution in [0.25, 0.3) is 0 Å². The van der Waals surface area contributed by atoms with Gasteiger partial charge in [0, 0.05) is 16.9 Å². The Morgan fingerprint density at radius 1 is 0.895 bits per heavy atom. The molecule has 0 aromatic heterocycles. The Morgan fingerprint density at radius 2 is 1.47 bits per heavy atom. The van der Waals surface area contributed by atoms with Gasteiger partial charge in [-0.05, 0) is 31.0 Å². The Balaban J connectivity index is 0.000000861. The zero-order valence-electron chi connectivity index (χ0n) is 12.2. The van der Waals surface area contributed by atoms with Crippen molar-refractivity contribution >= 4 is 11.4 Å². The third kappa shape index (κ3) is 3.83. The highest BCUT2D eigenvalue weighted by molar-refractivity contribution is 5.68. The minimum Gasteiger partial charge on any atom is -0.392 e. The van der Waals surface area contributed by atoms with E-state index >= 15 is 0 Å². The van der Waals surface area contributed by atoms with Gasteiger partial charge >= 0.3 is 0 Å². The molecule has 0 fully saturated rings. The molecule has 0 heterocycles. The largest absolute Gasteiger partial charge is 0.392 e. The van der Waals surface area contributed by atoms with Crippen LogP contribution in [0.15, 0.2) is 42.5 Å². The van der Waals surface area contributed by atoms with Crippen LogP contribution in [0.4, 0.5) is 11.4 Å². The second-order valence-electron chi connectivity index (χ2n) is 4.21. The fourth-order valence-corrected chi connectivity index (χ4v) is 1.93. The Labute approximate surface area is 116 Å². The standard InChI is InChI=1S/C15H17NO.C2H6/c1-11-6-5-7-12(2)15(11)16-14-9-4-3-8-13(14)10-17;1-2/h3-9,16-17H,10H2,1-2H3;1-2H3. The van der Waals surface area contributed by atoms with Crippen LogP contribution in [0.1, 0.15) is 30.5 Å². The number of para-hydroxylation sites is 2. The molecule has 0 saturated heterocycles. The Bertz CT molecular complexity index is 500. The molecule has 0 bridgehead atoms. The summed E-state index contributed by atoms with van der Waals surface area (Å²) in [5, 5.41) is 12.7. The van der Waals surface area contributed by atoms with Gasteiger partial charge in [0.05, 0.1) is 6.61 Å². The third-order valence-electron chi connectivity index (χ3n) is 2.93. The van der Waals surface area contributed by atoms with Crippen molar-refractivity contribution in [2.24, 2.45) is 0 Å². The van der Waals surface area contributed by atoms with Crippen LogP contribution in [-0.2, 0) is 6.61 Å². The number of hydrogen-bond donors (Lipinski definition) is 2. The molecule has 0 aliphatic carbocycles. The van der Waals surface area contributed by atoms with E-state index in [9.17, 15) is 5.11 Å². The topological polar surface area (TPSA) is 32.3 Å². The van der Waals surface area contributed by atoms with Gasteiger partial charge in [0.2, 0.25) is 0 Å². The van der Waals surface area contributed by atoms with E-state index in [1.807, 2.05) is 44.2 Å². The lowest BCUT2D eigenvalue weighted by atomic mass is 10.1. The third-order valence-corrected chi connectivity index (χ3v) is 2.93. The summed E-state index contributed by atoms with van der Waals surface area (Å²) in [4.78, 5) is 0. The highest BCUT2D eigenvalue weighted by Gasteiger charge is 2.05.